The molecule has 0 spiro atoms. The van der Waals surface area contributed by atoms with E-state index in [2.05, 4.69) is 4.98 Å². The van der Waals surface area contributed by atoms with Crippen LogP contribution in [0, 0.1) is 0 Å². The van der Waals surface area contributed by atoms with Crippen molar-refractivity contribution in [3.05, 3.63) is 21.7 Å². The number of nitrogens with two attached hydrogens (primary N) is 1. The van der Waals surface area contributed by atoms with Gasteiger partial charge < -0.3 is 20.7 Å². The Kier molecular flexibility index (Phi) is 5.43. The molecule has 1 aromatic rings. The Morgan fingerprint density at radius 3 is 2.74 bits per heavy atom. The molecule has 108 valence electrons. The van der Waals surface area contributed by atoms with Gasteiger partial charge in [0, 0.05) is 6.20 Å². The highest BCUT2D eigenvalue weighted by Crippen LogP contribution is 2.32. The van der Waals surface area contributed by atoms with Gasteiger partial charge in [0.05, 0.1) is 11.6 Å². The van der Waals surface area contributed by atoms with Crippen molar-refractivity contribution >= 4 is 41.4 Å². The highest BCUT2D eigenvalue weighted by Gasteiger charge is 2.43. The fourth-order valence-electron chi connectivity index (χ4n) is 1.72. The summed E-state index contributed by atoms with van der Waals surface area (Å²) in [5.41, 5.74) is 4.69. The van der Waals surface area contributed by atoms with E-state index in [0.717, 1.165) is 4.57 Å². The number of anilines is 1. The second-order valence-electron chi connectivity index (χ2n) is 3.85. The van der Waals surface area contributed by atoms with Crippen LogP contribution >= 0.6 is 35.6 Å². The van der Waals surface area contributed by atoms with Crippen molar-refractivity contribution in [3.63, 3.8) is 0 Å². The lowest BCUT2D eigenvalue weighted by molar-refractivity contribution is -0.0457. The molecule has 2 rings (SSSR count). The van der Waals surface area contributed by atoms with Gasteiger partial charge in [-0.1, -0.05) is 11.6 Å². The molecule has 0 unspecified atom stereocenters. The number of halogens is 3. The number of alkyl halides is 1. The number of aliphatic hydroxyl groups excluding tert-OH is 2. The predicted octanol–water partition coefficient (Wildman–Crippen LogP) is -0.241. The van der Waals surface area contributed by atoms with Crippen molar-refractivity contribution in [2.75, 3.05) is 12.3 Å². The van der Waals surface area contributed by atoms with E-state index in [1.165, 1.54) is 6.20 Å². The summed E-state index contributed by atoms with van der Waals surface area (Å²) < 4.78 is 6.33. The third-order valence-electron chi connectivity index (χ3n) is 2.68. The first-order chi connectivity index (χ1) is 8.45. The summed E-state index contributed by atoms with van der Waals surface area (Å²) in [6.07, 6.45) is -1.68. The lowest BCUT2D eigenvalue weighted by Gasteiger charge is -2.16. The zero-order valence-electron chi connectivity index (χ0n) is 9.44. The van der Waals surface area contributed by atoms with Crippen LogP contribution in [0.15, 0.2) is 11.0 Å². The molecule has 2 heterocycles. The lowest BCUT2D eigenvalue weighted by atomic mass is 10.2. The van der Waals surface area contributed by atoms with E-state index >= 15 is 0 Å². The van der Waals surface area contributed by atoms with Gasteiger partial charge in [0.1, 0.15) is 23.4 Å². The third kappa shape index (κ3) is 2.96. The Hall–Kier alpha value is -0.570. The van der Waals surface area contributed by atoms with Crippen molar-refractivity contribution in [3.8, 4) is 0 Å². The number of aliphatic hydroxyl groups is 2. The first-order valence-corrected chi connectivity index (χ1v) is 5.89. The molecule has 1 aromatic heterocycles. The number of ether oxygens (including phenoxy) is 1. The molecule has 0 radical (unpaired) electrons. The van der Waals surface area contributed by atoms with Crippen molar-refractivity contribution in [1.29, 1.82) is 0 Å². The summed E-state index contributed by atoms with van der Waals surface area (Å²) >= 11 is 11.7. The molecule has 0 amide bonds. The van der Waals surface area contributed by atoms with Crippen LogP contribution in [0.1, 0.15) is 6.23 Å². The number of hydrogen-bond donors (Lipinski definition) is 3. The number of hydrogen-bond acceptors (Lipinski definition) is 6. The van der Waals surface area contributed by atoms with E-state index < -0.39 is 36.1 Å². The van der Waals surface area contributed by atoms with Gasteiger partial charge in [-0.2, -0.15) is 4.98 Å². The first kappa shape index (κ1) is 16.5. The molecule has 0 bridgehead atoms. The van der Waals surface area contributed by atoms with Crippen LogP contribution in [0.2, 0.25) is 5.02 Å². The first-order valence-electron chi connectivity index (χ1n) is 5.08. The minimum Gasteiger partial charge on any atom is -0.394 e. The number of aromatic nitrogens is 2. The molecule has 0 saturated carbocycles. The van der Waals surface area contributed by atoms with Crippen molar-refractivity contribution in [1.82, 2.24) is 9.55 Å². The number of rotatable bonds is 2. The van der Waals surface area contributed by atoms with E-state index in [1.54, 1.807) is 0 Å². The lowest BCUT2D eigenvalue weighted by Crippen LogP contribution is -2.33. The van der Waals surface area contributed by atoms with Crippen LogP contribution in [0.4, 0.5) is 5.82 Å². The van der Waals surface area contributed by atoms with Crippen molar-refractivity contribution in [2.24, 2.45) is 0 Å². The standard InChI is InChI=1S/C9H11Cl2N3O4.ClH/c10-3-1-14(9(17)13-7(3)12)8-5(11)6(16)4(2-15)18-8;/h1,4-6,8,15-16H,2H2,(H2,12,13,17);1H/t4-,5-,6-,8-;/m1./s1. The fourth-order valence-corrected chi connectivity index (χ4v) is 2.21. The Balaban J connectivity index is 0.00000180. The maximum atomic E-state index is 11.7. The molecule has 0 aliphatic carbocycles. The zero-order valence-corrected chi connectivity index (χ0v) is 11.8. The summed E-state index contributed by atoms with van der Waals surface area (Å²) in [7, 11) is 0. The van der Waals surface area contributed by atoms with Gasteiger partial charge in [-0.3, -0.25) is 4.57 Å². The molecule has 1 aliphatic rings. The predicted molar refractivity (Wildman–Crippen MR) is 71.8 cm³/mol. The molecule has 0 aromatic carbocycles. The van der Waals surface area contributed by atoms with Crippen LogP contribution in [-0.4, -0.2) is 44.0 Å². The number of nitrogens with zero attached hydrogens (tertiary/aromatic N) is 2. The maximum absolute atomic E-state index is 11.7. The van der Waals surface area contributed by atoms with Crippen LogP contribution in [0.3, 0.4) is 0 Å². The molecule has 4 N–H and O–H groups in total. The summed E-state index contributed by atoms with van der Waals surface area (Å²) in [5, 5.41) is 17.9. The van der Waals surface area contributed by atoms with E-state index in [9.17, 15) is 9.90 Å². The van der Waals surface area contributed by atoms with Crippen LogP contribution in [0.25, 0.3) is 0 Å². The van der Waals surface area contributed by atoms with E-state index in [1.807, 2.05) is 0 Å². The van der Waals surface area contributed by atoms with Gasteiger partial charge in [0.2, 0.25) is 0 Å². The molecule has 19 heavy (non-hydrogen) atoms. The summed E-state index contributed by atoms with van der Waals surface area (Å²) in [6, 6.07) is 0. The Morgan fingerprint density at radius 2 is 2.21 bits per heavy atom. The quantitative estimate of drug-likeness (QED) is 0.645. The normalized spacial score (nSPS) is 30.1. The van der Waals surface area contributed by atoms with E-state index in [4.69, 9.17) is 38.8 Å². The molecule has 10 heteroatoms. The van der Waals surface area contributed by atoms with Crippen molar-refractivity contribution < 1.29 is 14.9 Å². The second kappa shape index (κ2) is 6.25. The molecular weight excluding hydrogens is 320 g/mol. The van der Waals surface area contributed by atoms with Gasteiger partial charge in [0.15, 0.2) is 6.23 Å². The van der Waals surface area contributed by atoms with Gasteiger partial charge in [0.25, 0.3) is 0 Å². The summed E-state index contributed by atoms with van der Waals surface area (Å²) in [5.74, 6) is -0.0960. The summed E-state index contributed by atoms with van der Waals surface area (Å²) in [4.78, 5) is 15.2. The van der Waals surface area contributed by atoms with E-state index in [0.29, 0.717) is 0 Å². The molecule has 1 aliphatic heterocycles. The summed E-state index contributed by atoms with van der Waals surface area (Å²) in [6.45, 7) is -0.411. The largest absolute Gasteiger partial charge is 0.394 e. The Bertz CT molecular complexity index is 512. The Morgan fingerprint density at radius 1 is 1.58 bits per heavy atom. The van der Waals surface area contributed by atoms with Gasteiger partial charge >= 0.3 is 5.69 Å². The average Bonchev–Trinajstić information content (AvgIpc) is 2.61. The molecular formula is C9H12Cl3N3O4. The van der Waals surface area contributed by atoms with Crippen LogP contribution in [0.5, 0.6) is 0 Å². The fraction of sp³-hybridized carbons (Fsp3) is 0.556. The molecule has 1 fully saturated rings. The minimum atomic E-state index is -1.09. The Labute approximate surface area is 124 Å². The number of nitrogen functional groups attached to an aromatic ring is 1. The third-order valence-corrected chi connectivity index (χ3v) is 3.45. The molecule has 4 atom stereocenters. The minimum absolute atomic E-state index is 0. The second-order valence-corrected chi connectivity index (χ2v) is 4.76. The maximum Gasteiger partial charge on any atom is 0.351 e. The zero-order chi connectivity index (χ0) is 13.4. The SMILES string of the molecule is Cl.Nc1nc(=O)n([C@@H]2O[C@H](CO)[C@@H](O)[C@H]2Cl)cc1Cl. The topological polar surface area (TPSA) is 111 Å². The van der Waals surface area contributed by atoms with Gasteiger partial charge in [-0.25, -0.2) is 4.79 Å². The van der Waals surface area contributed by atoms with Gasteiger partial charge in [-0.15, -0.1) is 24.0 Å². The highest BCUT2D eigenvalue weighted by atomic mass is 35.5. The smallest absolute Gasteiger partial charge is 0.351 e. The van der Waals surface area contributed by atoms with Gasteiger partial charge in [-0.05, 0) is 0 Å². The van der Waals surface area contributed by atoms with Crippen LogP contribution in [-0.2, 0) is 4.74 Å². The van der Waals surface area contributed by atoms with Crippen LogP contribution < -0.4 is 11.4 Å². The molecule has 1 saturated heterocycles. The molecule has 7 nitrogen and oxygen atoms in total. The van der Waals surface area contributed by atoms with Crippen molar-refractivity contribution in [2.45, 2.75) is 23.8 Å². The average molecular weight is 333 g/mol. The van der Waals surface area contributed by atoms with E-state index in [-0.39, 0.29) is 23.2 Å². The highest BCUT2D eigenvalue weighted by molar-refractivity contribution is 6.32. The monoisotopic (exact) mass is 331 g/mol.